The smallest absolute Gasteiger partial charge is 0.164 e. The number of aromatic nitrogens is 3. The Labute approximate surface area is 332 Å². The van der Waals surface area contributed by atoms with Gasteiger partial charge in [0.15, 0.2) is 17.5 Å². The molecule has 0 N–H and O–H groups in total. The summed E-state index contributed by atoms with van der Waals surface area (Å²) >= 11 is 0. The van der Waals surface area contributed by atoms with Gasteiger partial charge in [0.25, 0.3) is 0 Å². The fourth-order valence-corrected chi connectivity index (χ4v) is 8.46. The molecule has 0 spiro atoms. The number of furan rings is 2. The molecule has 0 aliphatic rings. The first-order valence-corrected chi connectivity index (χ1v) is 19.4. The highest BCUT2D eigenvalue weighted by atomic mass is 16.3. The third-order valence-electron chi connectivity index (χ3n) is 11.3. The van der Waals surface area contributed by atoms with E-state index in [1.807, 2.05) is 36.4 Å². The predicted molar refractivity (Wildman–Crippen MR) is 237 cm³/mol. The summed E-state index contributed by atoms with van der Waals surface area (Å²) in [6.07, 6.45) is 0. The van der Waals surface area contributed by atoms with Gasteiger partial charge >= 0.3 is 0 Å². The average molecular weight is 742 g/mol. The summed E-state index contributed by atoms with van der Waals surface area (Å²) in [6.45, 7) is 0. The maximum Gasteiger partial charge on any atom is 0.164 e. The molecule has 12 aromatic rings. The van der Waals surface area contributed by atoms with Crippen molar-refractivity contribution in [2.24, 2.45) is 0 Å². The number of hydrogen-bond acceptors (Lipinski definition) is 5. The van der Waals surface area contributed by atoms with Crippen molar-refractivity contribution in [3.05, 3.63) is 188 Å². The number of rotatable bonds is 5. The Hall–Kier alpha value is -7.89. The lowest BCUT2D eigenvalue weighted by atomic mass is 9.97. The Morgan fingerprint density at radius 3 is 1.81 bits per heavy atom. The molecule has 0 atom stereocenters. The van der Waals surface area contributed by atoms with E-state index in [0.717, 1.165) is 88.0 Å². The molecule has 12 rings (SSSR count). The fraction of sp³-hybridized carbons (Fsp3) is 0. The maximum absolute atomic E-state index is 6.52. The van der Waals surface area contributed by atoms with Gasteiger partial charge in [0, 0.05) is 38.2 Å². The molecule has 5 heteroatoms. The van der Waals surface area contributed by atoms with Crippen LogP contribution >= 0.6 is 0 Å². The second-order valence-electron chi connectivity index (χ2n) is 14.8. The summed E-state index contributed by atoms with van der Waals surface area (Å²) < 4.78 is 12.8. The Bertz CT molecular complexity index is 3560. The number of benzene rings is 9. The molecule has 0 bridgehead atoms. The van der Waals surface area contributed by atoms with E-state index in [-0.39, 0.29) is 0 Å². The molecule has 0 saturated heterocycles. The highest BCUT2D eigenvalue weighted by Gasteiger charge is 2.19. The first-order chi connectivity index (χ1) is 28.7. The lowest BCUT2D eigenvalue weighted by molar-refractivity contribution is 0.669. The second kappa shape index (κ2) is 12.8. The molecule has 0 saturated carbocycles. The topological polar surface area (TPSA) is 65.0 Å². The van der Waals surface area contributed by atoms with Crippen LogP contribution in [-0.4, -0.2) is 15.0 Å². The average Bonchev–Trinajstić information content (AvgIpc) is 3.85. The van der Waals surface area contributed by atoms with Gasteiger partial charge in [0.1, 0.15) is 22.3 Å². The molecule has 9 aromatic carbocycles. The van der Waals surface area contributed by atoms with Crippen molar-refractivity contribution >= 4 is 65.4 Å². The van der Waals surface area contributed by atoms with Gasteiger partial charge in [-0.05, 0) is 86.3 Å². The van der Waals surface area contributed by atoms with Crippen LogP contribution in [-0.2, 0) is 0 Å². The van der Waals surface area contributed by atoms with Crippen molar-refractivity contribution in [3.63, 3.8) is 0 Å². The summed E-state index contributed by atoms with van der Waals surface area (Å²) in [5, 5.41) is 8.78. The largest absolute Gasteiger partial charge is 0.456 e. The van der Waals surface area contributed by atoms with Gasteiger partial charge in [-0.3, -0.25) is 0 Å². The van der Waals surface area contributed by atoms with Crippen LogP contribution in [0.5, 0.6) is 0 Å². The van der Waals surface area contributed by atoms with Crippen LogP contribution < -0.4 is 0 Å². The molecule has 0 aliphatic heterocycles. The minimum absolute atomic E-state index is 0.575. The summed E-state index contributed by atoms with van der Waals surface area (Å²) in [7, 11) is 0. The minimum atomic E-state index is 0.575. The van der Waals surface area contributed by atoms with Crippen molar-refractivity contribution in [3.8, 4) is 56.4 Å². The van der Waals surface area contributed by atoms with Crippen molar-refractivity contribution in [2.75, 3.05) is 0 Å². The van der Waals surface area contributed by atoms with E-state index in [0.29, 0.717) is 17.5 Å². The first kappa shape index (κ1) is 32.4. The van der Waals surface area contributed by atoms with Crippen molar-refractivity contribution in [2.45, 2.75) is 0 Å². The fourth-order valence-electron chi connectivity index (χ4n) is 8.46. The number of para-hydroxylation sites is 1. The highest BCUT2D eigenvalue weighted by molar-refractivity contribution is 6.13. The van der Waals surface area contributed by atoms with E-state index in [9.17, 15) is 0 Å². The minimum Gasteiger partial charge on any atom is -0.456 e. The van der Waals surface area contributed by atoms with E-state index in [1.165, 1.54) is 16.3 Å². The third kappa shape index (κ3) is 5.29. The molecule has 0 unspecified atom stereocenters. The lowest BCUT2D eigenvalue weighted by Crippen LogP contribution is -2.00. The zero-order valence-corrected chi connectivity index (χ0v) is 31.1. The molecule has 5 nitrogen and oxygen atoms in total. The van der Waals surface area contributed by atoms with Crippen LogP contribution in [0.25, 0.3) is 122 Å². The van der Waals surface area contributed by atoms with Gasteiger partial charge in [-0.2, -0.15) is 0 Å². The Morgan fingerprint density at radius 1 is 0.276 bits per heavy atom. The molecule has 0 fully saturated rings. The number of fused-ring (bicyclic) bond motifs is 8. The third-order valence-corrected chi connectivity index (χ3v) is 11.3. The van der Waals surface area contributed by atoms with Crippen LogP contribution in [0.2, 0.25) is 0 Å². The van der Waals surface area contributed by atoms with Crippen LogP contribution in [0.3, 0.4) is 0 Å². The van der Waals surface area contributed by atoms with Gasteiger partial charge in [-0.15, -0.1) is 0 Å². The van der Waals surface area contributed by atoms with E-state index < -0.39 is 0 Å². The first-order valence-electron chi connectivity index (χ1n) is 19.4. The molecular weight excluding hydrogens is 711 g/mol. The van der Waals surface area contributed by atoms with Crippen molar-refractivity contribution in [1.29, 1.82) is 0 Å². The summed E-state index contributed by atoms with van der Waals surface area (Å²) in [4.78, 5) is 15.6. The van der Waals surface area contributed by atoms with E-state index >= 15 is 0 Å². The molecular formula is C53H31N3O2. The van der Waals surface area contributed by atoms with E-state index in [1.54, 1.807) is 0 Å². The SMILES string of the molecule is c1ccc(-c2ccc3c(c2)oc2cccc(-c4nc(-c5ccc(-c6cccc7ccccc67)cc5)nc(-c5ccc6cc7c(cc6c5)oc5ccccc57)n4)c23)cc1. The lowest BCUT2D eigenvalue weighted by Gasteiger charge is -2.11. The Kier molecular flexibility index (Phi) is 7.16. The monoisotopic (exact) mass is 741 g/mol. The molecule has 0 amide bonds. The van der Waals surface area contributed by atoms with Gasteiger partial charge in [0.05, 0.1) is 0 Å². The van der Waals surface area contributed by atoms with Crippen LogP contribution in [0.15, 0.2) is 197 Å². The van der Waals surface area contributed by atoms with Gasteiger partial charge in [0.2, 0.25) is 0 Å². The maximum atomic E-state index is 6.52. The molecule has 3 heterocycles. The molecule has 3 aromatic heterocycles. The van der Waals surface area contributed by atoms with Crippen molar-refractivity contribution < 1.29 is 8.83 Å². The highest BCUT2D eigenvalue weighted by Crippen LogP contribution is 2.39. The predicted octanol–water partition coefficient (Wildman–Crippen LogP) is 14.3. The zero-order valence-electron chi connectivity index (χ0n) is 31.1. The second-order valence-corrected chi connectivity index (χ2v) is 14.8. The molecule has 58 heavy (non-hydrogen) atoms. The number of hydrogen-bond donors (Lipinski definition) is 0. The molecule has 270 valence electrons. The Balaban J connectivity index is 1.03. The van der Waals surface area contributed by atoms with Gasteiger partial charge in [-0.1, -0.05) is 146 Å². The summed E-state index contributed by atoms with van der Waals surface area (Å²) in [6, 6.07) is 65.2. The summed E-state index contributed by atoms with van der Waals surface area (Å²) in [5.41, 5.74) is 10.5. The van der Waals surface area contributed by atoms with Gasteiger partial charge in [-0.25, -0.2) is 15.0 Å². The van der Waals surface area contributed by atoms with E-state index in [4.69, 9.17) is 23.8 Å². The quantitative estimate of drug-likeness (QED) is 0.176. The zero-order chi connectivity index (χ0) is 38.2. The number of nitrogens with zero attached hydrogens (tertiary/aromatic N) is 3. The molecule has 0 radical (unpaired) electrons. The van der Waals surface area contributed by atoms with Crippen LogP contribution in [0, 0.1) is 0 Å². The van der Waals surface area contributed by atoms with Crippen molar-refractivity contribution in [1.82, 2.24) is 15.0 Å². The van der Waals surface area contributed by atoms with Gasteiger partial charge < -0.3 is 8.83 Å². The van der Waals surface area contributed by atoms with Crippen LogP contribution in [0.1, 0.15) is 0 Å². The Morgan fingerprint density at radius 2 is 0.914 bits per heavy atom. The summed E-state index contributed by atoms with van der Waals surface area (Å²) in [5.74, 6) is 1.75. The standard InChI is InChI=1S/C53H31N3O2/c1-2-10-32(11-3-1)37-26-27-43-48(30-37)58-47-19-9-17-44(50(43)47)53-55-51(35-22-20-34(21-23-35)41-16-8-13-33-12-4-5-14-40(33)41)54-52(56-53)38-25-24-36-29-45-42-15-6-7-18-46(42)57-49(45)31-39(36)28-38/h1-31H. The molecule has 0 aliphatic carbocycles. The van der Waals surface area contributed by atoms with Crippen LogP contribution in [0.4, 0.5) is 0 Å². The normalized spacial score (nSPS) is 11.8. The van der Waals surface area contributed by atoms with E-state index in [2.05, 4.69) is 152 Å².